The van der Waals surface area contributed by atoms with Crippen LogP contribution in [0.15, 0.2) is 24.3 Å². The van der Waals surface area contributed by atoms with Crippen LogP contribution in [-0.2, 0) is 0 Å². The molecule has 68 heavy (non-hydrogen) atoms. The lowest BCUT2D eigenvalue weighted by molar-refractivity contribution is -0.182. The second kappa shape index (κ2) is 22.9. The van der Waals surface area contributed by atoms with Gasteiger partial charge >= 0.3 is 0 Å². The molecule has 0 aliphatic heterocycles. The third-order valence-corrected chi connectivity index (χ3v) is 26.0. The maximum atomic E-state index is 2.90. The van der Waals surface area contributed by atoms with E-state index in [4.69, 9.17) is 0 Å². The molecule has 0 amide bonds. The monoisotopic (exact) mass is 927 g/mol. The molecule has 12 fully saturated rings. The summed E-state index contributed by atoms with van der Waals surface area (Å²) in [5.74, 6) is 23.0. The molecular formula is C68H110. The minimum Gasteiger partial charge on any atom is -0.0851 e. The highest BCUT2D eigenvalue weighted by Crippen LogP contribution is 2.69. The Kier molecular flexibility index (Phi) is 16.3. The van der Waals surface area contributed by atoms with Crippen LogP contribution in [0.2, 0.25) is 0 Å². The Hall–Kier alpha value is -0.520. The number of hydrogen-bond acceptors (Lipinski definition) is 0. The molecule has 0 aromatic heterocycles. The lowest BCUT2D eigenvalue weighted by Gasteiger charge is -2.67. The van der Waals surface area contributed by atoms with Crippen LogP contribution in [0.5, 0.6) is 0 Å². The first-order valence-electron chi connectivity index (χ1n) is 33.1. The van der Waals surface area contributed by atoms with Crippen molar-refractivity contribution in [2.75, 3.05) is 0 Å². The standard InChI is InChI=1S/C68H110/c1-5-21-47(22-6-1)37-39-49-41-43-53(51-25-9-3-10-26-51)63(45-49)65-55-29-13-17-33-59(55)67(60-34-18-14-30-56(60)65)68-61-35-19-15-31-57(61)66(58-32-16-20-36-62(58)68)64-46-50(40-38-48-23-7-2-8-24-48)42-44-54(64)52-27-11-4-12-28-52/h37-40,47-68H,1-36,41-46H2. The highest BCUT2D eigenvalue weighted by molar-refractivity contribution is 5.12. The Balaban J connectivity index is 0.873. The van der Waals surface area contributed by atoms with Crippen LogP contribution in [0.25, 0.3) is 0 Å². The van der Waals surface area contributed by atoms with Crippen molar-refractivity contribution < 1.29 is 0 Å². The molecule has 0 radical (unpaired) electrons. The number of fused-ring (bicyclic) bond motifs is 4. The topological polar surface area (TPSA) is 0 Å². The summed E-state index contributed by atoms with van der Waals surface area (Å²) >= 11 is 0. The molecule has 0 spiro atoms. The SMILES string of the molecule is C(=CC1CCC(C2CCCCC2)C(C2C3CCCCC3C(C3C4CCCCC4C(C4CC(C=CC5CCCCC5)CCC4C4CCCCC4)C4CCCCC43)C3CCCCC32)C1)C1CCCCC1. The summed E-state index contributed by atoms with van der Waals surface area (Å²) in [6.45, 7) is 0. The maximum Gasteiger partial charge on any atom is -0.0230 e. The first kappa shape index (κ1) is 48.4. The van der Waals surface area contributed by atoms with Gasteiger partial charge in [-0.15, -0.1) is 0 Å². The number of rotatable bonds is 9. The Morgan fingerprint density at radius 1 is 0.162 bits per heavy atom. The molecule has 14 unspecified atom stereocenters. The summed E-state index contributed by atoms with van der Waals surface area (Å²) < 4.78 is 0. The third kappa shape index (κ3) is 10.2. The van der Waals surface area contributed by atoms with Gasteiger partial charge in [0.25, 0.3) is 0 Å². The fourth-order valence-corrected chi connectivity index (χ4v) is 23.6. The minimum absolute atomic E-state index is 0.893. The zero-order chi connectivity index (χ0) is 45.2. The molecule has 12 rings (SSSR count). The summed E-state index contributed by atoms with van der Waals surface area (Å²) in [5, 5.41) is 0. The summed E-state index contributed by atoms with van der Waals surface area (Å²) in [7, 11) is 0. The van der Waals surface area contributed by atoms with E-state index < -0.39 is 0 Å². The highest BCUT2D eigenvalue weighted by atomic mass is 14.7. The number of hydrogen-bond donors (Lipinski definition) is 0. The second-order valence-electron chi connectivity index (χ2n) is 28.9. The molecule has 0 aromatic rings. The van der Waals surface area contributed by atoms with Crippen molar-refractivity contribution in [2.45, 2.75) is 270 Å². The van der Waals surface area contributed by atoms with Crippen LogP contribution < -0.4 is 0 Å². The van der Waals surface area contributed by atoms with Gasteiger partial charge in [-0.3, -0.25) is 0 Å². The van der Waals surface area contributed by atoms with Crippen LogP contribution in [0.4, 0.5) is 0 Å². The van der Waals surface area contributed by atoms with Gasteiger partial charge in [-0.25, -0.2) is 0 Å². The second-order valence-corrected chi connectivity index (χ2v) is 28.9. The highest BCUT2D eigenvalue weighted by Gasteiger charge is 2.63. The average Bonchev–Trinajstić information content (AvgIpc) is 3.41. The molecule has 12 aliphatic rings. The molecule has 0 aromatic carbocycles. The van der Waals surface area contributed by atoms with Crippen LogP contribution in [0.1, 0.15) is 270 Å². The molecule has 0 saturated heterocycles. The molecule has 0 heterocycles. The minimum atomic E-state index is 0.893. The molecule has 0 nitrogen and oxygen atoms in total. The largest absolute Gasteiger partial charge is 0.0851 e. The van der Waals surface area contributed by atoms with Crippen molar-refractivity contribution in [1.29, 1.82) is 0 Å². The van der Waals surface area contributed by atoms with Crippen molar-refractivity contribution in [3.05, 3.63) is 24.3 Å². The van der Waals surface area contributed by atoms with Gasteiger partial charge in [0.15, 0.2) is 0 Å². The smallest absolute Gasteiger partial charge is 0.0230 e. The van der Waals surface area contributed by atoms with Gasteiger partial charge < -0.3 is 0 Å². The van der Waals surface area contributed by atoms with E-state index in [0.717, 1.165) is 130 Å². The fourth-order valence-electron chi connectivity index (χ4n) is 23.6. The van der Waals surface area contributed by atoms with Gasteiger partial charge in [0, 0.05) is 0 Å². The lowest BCUT2D eigenvalue weighted by Crippen LogP contribution is -2.60. The van der Waals surface area contributed by atoms with E-state index in [9.17, 15) is 0 Å². The van der Waals surface area contributed by atoms with E-state index in [1.807, 2.05) is 0 Å². The molecule has 14 atom stereocenters. The molecular weight excluding hydrogens is 817 g/mol. The lowest BCUT2D eigenvalue weighted by atomic mass is 9.38. The average molecular weight is 928 g/mol. The Morgan fingerprint density at radius 3 is 0.721 bits per heavy atom. The summed E-state index contributed by atoms with van der Waals surface area (Å²) in [5.41, 5.74) is 0. The molecule has 382 valence electrons. The van der Waals surface area contributed by atoms with E-state index in [0.29, 0.717) is 0 Å². The zero-order valence-corrected chi connectivity index (χ0v) is 44.7. The Bertz CT molecular complexity index is 1430. The molecule has 12 aliphatic carbocycles. The Labute approximate surface area is 422 Å². The van der Waals surface area contributed by atoms with Crippen molar-refractivity contribution in [3.63, 3.8) is 0 Å². The van der Waals surface area contributed by atoms with Crippen LogP contribution in [0.3, 0.4) is 0 Å². The van der Waals surface area contributed by atoms with Crippen molar-refractivity contribution in [3.8, 4) is 0 Å². The quantitative estimate of drug-likeness (QED) is 0.202. The summed E-state index contributed by atoms with van der Waals surface area (Å²) in [6, 6.07) is 0. The predicted octanol–water partition coefficient (Wildman–Crippen LogP) is 20.2. The summed E-state index contributed by atoms with van der Waals surface area (Å²) in [4.78, 5) is 0. The van der Waals surface area contributed by atoms with E-state index in [1.165, 1.54) is 89.9 Å². The normalized spacial score (nSPS) is 47.5. The van der Waals surface area contributed by atoms with E-state index in [1.54, 1.807) is 180 Å². The van der Waals surface area contributed by atoms with Crippen molar-refractivity contribution >= 4 is 0 Å². The molecule has 0 heteroatoms. The maximum absolute atomic E-state index is 2.90. The first-order valence-corrected chi connectivity index (χ1v) is 33.1. The zero-order valence-electron chi connectivity index (χ0n) is 44.7. The molecule has 0 bridgehead atoms. The van der Waals surface area contributed by atoms with Crippen LogP contribution in [-0.4, -0.2) is 0 Å². The van der Waals surface area contributed by atoms with Gasteiger partial charge in [0.05, 0.1) is 0 Å². The predicted molar refractivity (Wildman–Crippen MR) is 289 cm³/mol. The Morgan fingerprint density at radius 2 is 0.412 bits per heavy atom. The molecule has 0 N–H and O–H groups in total. The number of allylic oxidation sites excluding steroid dienone is 4. The van der Waals surface area contributed by atoms with Crippen molar-refractivity contribution in [1.82, 2.24) is 0 Å². The third-order valence-electron chi connectivity index (χ3n) is 26.0. The van der Waals surface area contributed by atoms with Crippen LogP contribution >= 0.6 is 0 Å². The van der Waals surface area contributed by atoms with Gasteiger partial charge in [-0.1, -0.05) is 178 Å². The molecule has 12 saturated carbocycles. The van der Waals surface area contributed by atoms with Gasteiger partial charge in [0.1, 0.15) is 0 Å². The fraction of sp³-hybridized carbons (Fsp3) is 0.941. The van der Waals surface area contributed by atoms with E-state index in [2.05, 4.69) is 24.3 Å². The van der Waals surface area contributed by atoms with E-state index >= 15 is 0 Å². The van der Waals surface area contributed by atoms with Gasteiger partial charge in [0.2, 0.25) is 0 Å². The van der Waals surface area contributed by atoms with E-state index in [-0.39, 0.29) is 0 Å². The summed E-state index contributed by atoms with van der Waals surface area (Å²) in [6.07, 6.45) is 77.3. The van der Waals surface area contributed by atoms with Gasteiger partial charge in [-0.05, 0) is 246 Å². The van der Waals surface area contributed by atoms with Crippen LogP contribution in [0, 0.1) is 130 Å². The first-order chi connectivity index (χ1) is 33.8. The van der Waals surface area contributed by atoms with Crippen molar-refractivity contribution in [2.24, 2.45) is 130 Å². The van der Waals surface area contributed by atoms with Gasteiger partial charge in [-0.2, -0.15) is 0 Å².